The monoisotopic (exact) mass is 325 g/mol. The molecule has 0 aliphatic heterocycles. The zero-order chi connectivity index (χ0) is 16.1. The SMILES string of the molecule is CC[SiH2][C@H]1CC[C@H](C2CCC(c3ccc(C#N)cc3)CC2)CC1. The van der Waals surface area contributed by atoms with Gasteiger partial charge in [0, 0.05) is 9.52 Å². The Balaban J connectivity index is 1.48. The molecular weight excluding hydrogens is 294 g/mol. The molecule has 0 amide bonds. The lowest BCUT2D eigenvalue weighted by atomic mass is 9.70. The van der Waals surface area contributed by atoms with Crippen LogP contribution in [-0.4, -0.2) is 9.52 Å². The molecule has 0 spiro atoms. The van der Waals surface area contributed by atoms with Crippen LogP contribution in [0.1, 0.15) is 75.3 Å². The molecule has 124 valence electrons. The Labute approximate surface area is 144 Å². The highest BCUT2D eigenvalue weighted by atomic mass is 28.2. The van der Waals surface area contributed by atoms with E-state index in [1.165, 1.54) is 55.7 Å². The molecule has 2 aliphatic rings. The van der Waals surface area contributed by atoms with Crippen LogP contribution in [0.2, 0.25) is 11.6 Å². The van der Waals surface area contributed by atoms with Gasteiger partial charge in [0.2, 0.25) is 0 Å². The number of hydrogen-bond acceptors (Lipinski definition) is 1. The van der Waals surface area contributed by atoms with Gasteiger partial charge >= 0.3 is 0 Å². The van der Waals surface area contributed by atoms with Gasteiger partial charge in [0.05, 0.1) is 11.6 Å². The summed E-state index contributed by atoms with van der Waals surface area (Å²) in [7, 11) is 0.253. The second-order valence-electron chi connectivity index (χ2n) is 7.91. The molecule has 0 heterocycles. The Morgan fingerprint density at radius 2 is 1.48 bits per heavy atom. The van der Waals surface area contributed by atoms with Crippen molar-refractivity contribution >= 4 is 9.52 Å². The van der Waals surface area contributed by atoms with Gasteiger partial charge in [-0.25, -0.2) is 0 Å². The summed E-state index contributed by atoms with van der Waals surface area (Å²) in [4.78, 5) is 0. The summed E-state index contributed by atoms with van der Waals surface area (Å²) >= 11 is 0. The highest BCUT2D eigenvalue weighted by Crippen LogP contribution is 2.44. The lowest BCUT2D eigenvalue weighted by molar-refractivity contribution is 0.186. The number of benzene rings is 1. The van der Waals surface area contributed by atoms with E-state index in [0.717, 1.165) is 23.3 Å². The van der Waals surface area contributed by atoms with E-state index in [2.05, 4.69) is 25.1 Å². The average Bonchev–Trinajstić information content (AvgIpc) is 2.63. The fourth-order valence-electron chi connectivity index (χ4n) is 5.11. The van der Waals surface area contributed by atoms with Crippen molar-refractivity contribution in [1.82, 2.24) is 0 Å². The van der Waals surface area contributed by atoms with Crippen molar-refractivity contribution in [3.63, 3.8) is 0 Å². The zero-order valence-corrected chi connectivity index (χ0v) is 16.1. The molecule has 0 bridgehead atoms. The van der Waals surface area contributed by atoms with Crippen molar-refractivity contribution < 1.29 is 0 Å². The molecule has 0 saturated heterocycles. The van der Waals surface area contributed by atoms with E-state index in [9.17, 15) is 0 Å². The summed E-state index contributed by atoms with van der Waals surface area (Å²) in [6.07, 6.45) is 11.8. The molecule has 2 saturated carbocycles. The maximum Gasteiger partial charge on any atom is 0.0991 e. The van der Waals surface area contributed by atoms with Crippen LogP contribution in [0, 0.1) is 23.2 Å². The second-order valence-corrected chi connectivity index (χ2v) is 10.6. The first-order valence-corrected chi connectivity index (χ1v) is 11.6. The molecule has 0 atom stereocenters. The van der Waals surface area contributed by atoms with Crippen molar-refractivity contribution in [2.24, 2.45) is 11.8 Å². The van der Waals surface area contributed by atoms with Crippen LogP contribution in [0.4, 0.5) is 0 Å². The van der Waals surface area contributed by atoms with Crippen LogP contribution in [0.3, 0.4) is 0 Å². The molecule has 0 radical (unpaired) electrons. The lowest BCUT2D eigenvalue weighted by Crippen LogP contribution is -2.25. The van der Waals surface area contributed by atoms with Crippen LogP contribution in [-0.2, 0) is 0 Å². The van der Waals surface area contributed by atoms with E-state index in [1.54, 1.807) is 12.8 Å². The highest BCUT2D eigenvalue weighted by Gasteiger charge is 2.31. The Bertz CT molecular complexity index is 514. The number of nitrogens with zero attached hydrogens (tertiary/aromatic N) is 1. The van der Waals surface area contributed by atoms with Crippen molar-refractivity contribution in [3.05, 3.63) is 35.4 Å². The van der Waals surface area contributed by atoms with E-state index in [4.69, 9.17) is 5.26 Å². The predicted molar refractivity (Wildman–Crippen MR) is 101 cm³/mol. The molecule has 1 nitrogen and oxygen atoms in total. The summed E-state index contributed by atoms with van der Waals surface area (Å²) in [5.74, 6) is 2.79. The Kier molecular flexibility index (Phi) is 5.95. The molecule has 3 rings (SSSR count). The highest BCUT2D eigenvalue weighted by molar-refractivity contribution is 6.37. The quantitative estimate of drug-likeness (QED) is 0.678. The van der Waals surface area contributed by atoms with E-state index < -0.39 is 0 Å². The van der Waals surface area contributed by atoms with Crippen LogP contribution in [0.15, 0.2) is 24.3 Å². The van der Waals surface area contributed by atoms with Gasteiger partial charge in [0.1, 0.15) is 0 Å². The summed E-state index contributed by atoms with van der Waals surface area (Å²) in [6, 6.07) is 12.1. The molecule has 2 fully saturated rings. The van der Waals surface area contributed by atoms with Crippen LogP contribution in [0.5, 0.6) is 0 Å². The second kappa shape index (κ2) is 8.15. The molecule has 0 N–H and O–H groups in total. The fourth-order valence-corrected chi connectivity index (χ4v) is 6.98. The van der Waals surface area contributed by atoms with Crippen LogP contribution in [0.25, 0.3) is 0 Å². The third kappa shape index (κ3) is 4.26. The van der Waals surface area contributed by atoms with Gasteiger partial charge in [-0.15, -0.1) is 0 Å². The molecule has 2 heteroatoms. The first-order chi connectivity index (χ1) is 11.3. The minimum Gasteiger partial charge on any atom is -0.192 e. The first-order valence-electron chi connectivity index (χ1n) is 9.80. The third-order valence-corrected chi connectivity index (χ3v) is 8.75. The van der Waals surface area contributed by atoms with E-state index in [0.29, 0.717) is 0 Å². The van der Waals surface area contributed by atoms with Gasteiger partial charge in [-0.05, 0) is 61.1 Å². The standard InChI is InChI=1S/C21H31NSi/c1-2-23-21-13-11-20(12-14-21)19-9-7-18(8-10-19)17-5-3-16(15-22)4-6-17/h3-6,18-21H,2,7-14,23H2,1H3/t18?,19?,20-,21-. The minimum absolute atomic E-state index is 0.253. The largest absolute Gasteiger partial charge is 0.192 e. The van der Waals surface area contributed by atoms with Gasteiger partial charge in [-0.1, -0.05) is 56.3 Å². The maximum absolute atomic E-state index is 8.92. The van der Waals surface area contributed by atoms with E-state index >= 15 is 0 Å². The zero-order valence-electron chi connectivity index (χ0n) is 14.6. The molecule has 1 aromatic rings. The van der Waals surface area contributed by atoms with Gasteiger partial charge in [-0.3, -0.25) is 0 Å². The Hall–Kier alpha value is -1.07. The molecule has 1 aromatic carbocycles. The van der Waals surface area contributed by atoms with Gasteiger partial charge < -0.3 is 0 Å². The number of rotatable bonds is 4. The predicted octanol–water partition coefficient (Wildman–Crippen LogP) is 5.42. The van der Waals surface area contributed by atoms with Crippen LogP contribution < -0.4 is 0 Å². The average molecular weight is 326 g/mol. The van der Waals surface area contributed by atoms with Crippen molar-refractivity contribution in [1.29, 1.82) is 5.26 Å². The summed E-state index contributed by atoms with van der Waals surface area (Å²) in [6.45, 7) is 2.39. The number of hydrogen-bond donors (Lipinski definition) is 0. The van der Waals surface area contributed by atoms with Crippen LogP contribution >= 0.6 is 0 Å². The smallest absolute Gasteiger partial charge is 0.0991 e. The molecular formula is C21H31NSi. The summed E-state index contributed by atoms with van der Waals surface area (Å²) < 4.78 is 0. The first kappa shape index (κ1) is 16.8. The van der Waals surface area contributed by atoms with Gasteiger partial charge in [0.25, 0.3) is 0 Å². The van der Waals surface area contributed by atoms with E-state index in [-0.39, 0.29) is 9.52 Å². The van der Waals surface area contributed by atoms with Crippen molar-refractivity contribution in [2.75, 3.05) is 0 Å². The fraction of sp³-hybridized carbons (Fsp3) is 0.667. The molecule has 0 aromatic heterocycles. The number of nitriles is 1. The molecule has 0 unspecified atom stereocenters. The van der Waals surface area contributed by atoms with Gasteiger partial charge in [0.15, 0.2) is 0 Å². The summed E-state index contributed by atoms with van der Waals surface area (Å²) in [5.41, 5.74) is 3.42. The topological polar surface area (TPSA) is 23.8 Å². The van der Waals surface area contributed by atoms with Gasteiger partial charge in [-0.2, -0.15) is 5.26 Å². The van der Waals surface area contributed by atoms with Crippen molar-refractivity contribution in [2.45, 2.75) is 75.8 Å². The molecule has 2 aliphatic carbocycles. The summed E-state index contributed by atoms with van der Waals surface area (Å²) in [5, 5.41) is 8.92. The third-order valence-electron chi connectivity index (χ3n) is 6.54. The minimum atomic E-state index is 0.253. The Morgan fingerprint density at radius 3 is 2.00 bits per heavy atom. The van der Waals surface area contributed by atoms with E-state index in [1.807, 2.05) is 12.1 Å². The van der Waals surface area contributed by atoms with Crippen molar-refractivity contribution in [3.8, 4) is 6.07 Å². The maximum atomic E-state index is 8.92. The normalized spacial score (nSPS) is 32.0. The Morgan fingerprint density at radius 1 is 0.913 bits per heavy atom. The lowest BCUT2D eigenvalue weighted by Gasteiger charge is -2.38. The molecule has 23 heavy (non-hydrogen) atoms.